The van der Waals surface area contributed by atoms with E-state index in [1.54, 1.807) is 18.3 Å². The zero-order chi connectivity index (χ0) is 17.9. The van der Waals surface area contributed by atoms with Crippen LogP contribution in [0.25, 0.3) is 6.08 Å². The van der Waals surface area contributed by atoms with Crippen LogP contribution < -0.4 is 0 Å². The number of carbonyl (C=O) groups is 2. The summed E-state index contributed by atoms with van der Waals surface area (Å²) in [4.78, 5) is 28.2. The monoisotopic (exact) mass is 347 g/mol. The molecule has 126 valence electrons. The highest BCUT2D eigenvalue weighted by Crippen LogP contribution is 2.23. The van der Waals surface area contributed by atoms with Gasteiger partial charge < -0.3 is 14.0 Å². The fraction of sp³-hybridized carbons (Fsp3) is 0.250. The Morgan fingerprint density at radius 1 is 1.33 bits per heavy atom. The second-order valence-electron chi connectivity index (χ2n) is 4.85. The van der Waals surface area contributed by atoms with E-state index < -0.39 is 5.97 Å². The third-order valence-corrected chi connectivity index (χ3v) is 4.20. The summed E-state index contributed by atoms with van der Waals surface area (Å²) in [6, 6.07) is 0. The number of allylic oxidation sites excluding steroid dienone is 1. The van der Waals surface area contributed by atoms with Crippen molar-refractivity contribution in [2.45, 2.75) is 6.92 Å². The Morgan fingerprint density at radius 3 is 2.62 bits per heavy atom. The standard InChI is InChI=1S/C16H17N3O4S/c1-6-10(22-4)7-11-9(2)19(3)8-12(11)13(20)15-17-14(18-24-15)16(21)23-5/h6-8H,1H2,2-5H3/b10-7+. The van der Waals surface area contributed by atoms with Gasteiger partial charge in [0, 0.05) is 24.5 Å². The highest BCUT2D eigenvalue weighted by atomic mass is 32.1. The predicted octanol–water partition coefficient (Wildman–Crippen LogP) is 2.38. The van der Waals surface area contributed by atoms with E-state index >= 15 is 0 Å². The molecule has 2 aromatic rings. The molecule has 0 bridgehead atoms. The van der Waals surface area contributed by atoms with Crippen LogP contribution in [0.2, 0.25) is 0 Å². The van der Waals surface area contributed by atoms with Gasteiger partial charge in [-0.3, -0.25) is 4.79 Å². The van der Waals surface area contributed by atoms with Gasteiger partial charge in [-0.2, -0.15) is 4.37 Å². The highest BCUT2D eigenvalue weighted by Gasteiger charge is 2.23. The number of hydrogen-bond acceptors (Lipinski definition) is 7. The first-order valence-corrected chi connectivity index (χ1v) is 7.71. The molecular formula is C16H17N3O4S. The Hall–Kier alpha value is -2.74. The minimum atomic E-state index is -0.678. The Labute approximate surface area is 143 Å². The fourth-order valence-corrected chi connectivity index (χ4v) is 2.67. The van der Waals surface area contributed by atoms with Crippen LogP contribution in [0.1, 0.15) is 37.2 Å². The van der Waals surface area contributed by atoms with Gasteiger partial charge in [-0.25, -0.2) is 9.78 Å². The molecular weight excluding hydrogens is 330 g/mol. The average molecular weight is 347 g/mol. The Balaban J connectivity index is 2.48. The molecule has 0 saturated carbocycles. The molecule has 0 aliphatic rings. The van der Waals surface area contributed by atoms with E-state index in [0.717, 1.165) is 17.2 Å². The van der Waals surface area contributed by atoms with Crippen LogP contribution in [0.4, 0.5) is 0 Å². The van der Waals surface area contributed by atoms with Gasteiger partial charge in [-0.1, -0.05) is 6.58 Å². The Bertz CT molecular complexity index is 832. The maximum atomic E-state index is 12.8. The molecule has 8 heteroatoms. The zero-order valence-corrected chi connectivity index (χ0v) is 14.6. The highest BCUT2D eigenvalue weighted by molar-refractivity contribution is 7.08. The molecule has 2 heterocycles. The lowest BCUT2D eigenvalue weighted by atomic mass is 10.1. The van der Waals surface area contributed by atoms with Gasteiger partial charge in [0.2, 0.25) is 5.78 Å². The third-order valence-electron chi connectivity index (χ3n) is 3.49. The molecule has 0 N–H and O–H groups in total. The number of carbonyl (C=O) groups excluding carboxylic acids is 2. The molecule has 0 spiro atoms. The lowest BCUT2D eigenvalue weighted by Gasteiger charge is -2.02. The van der Waals surface area contributed by atoms with Crippen molar-refractivity contribution in [2.24, 2.45) is 7.05 Å². The molecule has 0 atom stereocenters. The van der Waals surface area contributed by atoms with E-state index in [9.17, 15) is 9.59 Å². The summed E-state index contributed by atoms with van der Waals surface area (Å²) in [5, 5.41) is 0.119. The van der Waals surface area contributed by atoms with Crippen LogP contribution in [-0.4, -0.2) is 39.9 Å². The number of rotatable bonds is 6. The van der Waals surface area contributed by atoms with Gasteiger partial charge in [0.15, 0.2) is 5.01 Å². The number of ether oxygens (including phenoxy) is 2. The molecule has 2 aromatic heterocycles. The Morgan fingerprint density at radius 2 is 2.04 bits per heavy atom. The van der Waals surface area contributed by atoms with Crippen molar-refractivity contribution in [1.82, 2.24) is 13.9 Å². The van der Waals surface area contributed by atoms with E-state index in [0.29, 0.717) is 16.9 Å². The lowest BCUT2D eigenvalue weighted by molar-refractivity contribution is 0.0588. The van der Waals surface area contributed by atoms with Gasteiger partial charge in [0.05, 0.1) is 19.8 Å². The number of hydrogen-bond donors (Lipinski definition) is 0. The van der Waals surface area contributed by atoms with Gasteiger partial charge in [-0.05, 0) is 30.6 Å². The molecule has 0 radical (unpaired) electrons. The van der Waals surface area contributed by atoms with Crippen molar-refractivity contribution in [3.63, 3.8) is 0 Å². The number of methoxy groups -OCH3 is 2. The molecule has 0 amide bonds. The van der Waals surface area contributed by atoms with Crippen LogP contribution in [-0.2, 0) is 16.5 Å². The van der Waals surface area contributed by atoms with E-state index in [4.69, 9.17) is 4.74 Å². The maximum Gasteiger partial charge on any atom is 0.377 e. The summed E-state index contributed by atoms with van der Waals surface area (Å²) in [6.07, 6.45) is 5.00. The summed E-state index contributed by atoms with van der Waals surface area (Å²) in [5.74, 6) is -0.592. The fourth-order valence-electron chi connectivity index (χ4n) is 2.06. The van der Waals surface area contributed by atoms with Crippen LogP contribution in [0.3, 0.4) is 0 Å². The molecule has 0 aromatic carbocycles. The van der Waals surface area contributed by atoms with Gasteiger partial charge in [0.25, 0.3) is 5.82 Å². The van der Waals surface area contributed by atoms with Crippen molar-refractivity contribution in [3.05, 3.63) is 52.3 Å². The SMILES string of the molecule is C=C/C(=C\c1c(C(=O)c2nc(C(=O)OC)ns2)cn(C)c1C)OC. The largest absolute Gasteiger partial charge is 0.497 e. The van der Waals surface area contributed by atoms with Crippen LogP contribution in [0.15, 0.2) is 24.6 Å². The lowest BCUT2D eigenvalue weighted by Crippen LogP contribution is -2.06. The van der Waals surface area contributed by atoms with E-state index in [-0.39, 0.29) is 16.6 Å². The summed E-state index contributed by atoms with van der Waals surface area (Å²) >= 11 is 0.858. The molecule has 0 aliphatic heterocycles. The van der Waals surface area contributed by atoms with Gasteiger partial charge in [0.1, 0.15) is 5.76 Å². The topological polar surface area (TPSA) is 83.3 Å². The normalized spacial score (nSPS) is 11.2. The molecule has 7 nitrogen and oxygen atoms in total. The zero-order valence-electron chi connectivity index (χ0n) is 13.8. The maximum absolute atomic E-state index is 12.8. The first kappa shape index (κ1) is 17.6. The number of ketones is 1. The van der Waals surface area contributed by atoms with Crippen molar-refractivity contribution in [3.8, 4) is 0 Å². The van der Waals surface area contributed by atoms with Crippen molar-refractivity contribution in [1.29, 1.82) is 0 Å². The van der Waals surface area contributed by atoms with E-state index in [1.807, 2.05) is 18.5 Å². The first-order chi connectivity index (χ1) is 11.4. The molecule has 0 unspecified atom stereocenters. The first-order valence-electron chi connectivity index (χ1n) is 6.93. The Kier molecular flexibility index (Phi) is 5.30. The third kappa shape index (κ3) is 3.28. The smallest absolute Gasteiger partial charge is 0.377 e. The van der Waals surface area contributed by atoms with Crippen molar-refractivity contribution < 1.29 is 19.1 Å². The van der Waals surface area contributed by atoms with E-state index in [2.05, 4.69) is 20.7 Å². The number of esters is 1. The minimum Gasteiger partial charge on any atom is -0.497 e. The summed E-state index contributed by atoms with van der Waals surface area (Å²) in [7, 11) is 4.60. The van der Waals surface area contributed by atoms with Crippen molar-refractivity contribution >= 4 is 29.4 Å². The van der Waals surface area contributed by atoms with Crippen LogP contribution >= 0.6 is 11.5 Å². The van der Waals surface area contributed by atoms with Crippen molar-refractivity contribution in [2.75, 3.05) is 14.2 Å². The minimum absolute atomic E-state index is 0.119. The summed E-state index contributed by atoms with van der Waals surface area (Å²) < 4.78 is 15.4. The molecule has 24 heavy (non-hydrogen) atoms. The second kappa shape index (κ2) is 7.22. The molecule has 2 rings (SSSR count). The quantitative estimate of drug-likeness (QED) is 0.345. The summed E-state index contributed by atoms with van der Waals surface area (Å²) in [5.41, 5.74) is 2.03. The number of aryl methyl sites for hydroxylation is 1. The average Bonchev–Trinajstić information content (AvgIpc) is 3.18. The summed E-state index contributed by atoms with van der Waals surface area (Å²) in [6.45, 7) is 5.56. The van der Waals surface area contributed by atoms with Gasteiger partial charge in [-0.15, -0.1) is 0 Å². The molecule has 0 saturated heterocycles. The number of aromatic nitrogens is 3. The van der Waals surface area contributed by atoms with Crippen LogP contribution in [0, 0.1) is 6.92 Å². The molecule has 0 fully saturated rings. The second-order valence-corrected chi connectivity index (χ2v) is 5.60. The van der Waals surface area contributed by atoms with Gasteiger partial charge >= 0.3 is 5.97 Å². The number of nitrogens with zero attached hydrogens (tertiary/aromatic N) is 3. The van der Waals surface area contributed by atoms with E-state index in [1.165, 1.54) is 14.2 Å². The molecule has 0 aliphatic carbocycles. The predicted molar refractivity (Wildman–Crippen MR) is 90.0 cm³/mol. The van der Waals surface area contributed by atoms with Crippen LogP contribution in [0.5, 0.6) is 0 Å².